The van der Waals surface area contributed by atoms with Gasteiger partial charge in [-0.2, -0.15) is 5.10 Å². The molecule has 7 nitrogen and oxygen atoms in total. The lowest BCUT2D eigenvalue weighted by Crippen LogP contribution is -2.18. The average molecular weight is 370 g/mol. The normalized spacial score (nSPS) is 11.1. The van der Waals surface area contributed by atoms with Gasteiger partial charge in [-0.1, -0.05) is 29.5 Å². The van der Waals surface area contributed by atoms with Crippen LogP contribution in [0.2, 0.25) is 0 Å². The van der Waals surface area contributed by atoms with Gasteiger partial charge in [-0.25, -0.2) is 4.68 Å². The maximum absolute atomic E-state index is 12.3. The van der Waals surface area contributed by atoms with Crippen molar-refractivity contribution in [3.8, 4) is 5.69 Å². The Morgan fingerprint density at radius 1 is 1.27 bits per heavy atom. The van der Waals surface area contributed by atoms with Crippen LogP contribution < -0.4 is 5.32 Å². The first-order valence-corrected chi connectivity index (χ1v) is 9.38. The quantitative estimate of drug-likeness (QED) is 0.673. The predicted molar refractivity (Wildman–Crippen MR) is 103 cm³/mol. The maximum atomic E-state index is 12.3. The number of nitrogens with one attached hydrogen (secondary N) is 1. The molecule has 8 heteroatoms. The highest BCUT2D eigenvalue weighted by atomic mass is 32.2. The van der Waals surface area contributed by atoms with Crippen LogP contribution in [0.4, 0.5) is 5.82 Å². The largest absolute Gasteiger partial charge is 0.310 e. The number of amides is 1. The second-order valence-electron chi connectivity index (χ2n) is 6.37. The van der Waals surface area contributed by atoms with Crippen molar-refractivity contribution in [1.82, 2.24) is 24.5 Å². The first-order valence-electron chi connectivity index (χ1n) is 8.39. The Kier molecular flexibility index (Phi) is 5.41. The molecule has 3 rings (SSSR count). The van der Waals surface area contributed by atoms with Crippen molar-refractivity contribution in [2.75, 3.05) is 11.1 Å². The molecule has 0 aliphatic heterocycles. The number of benzene rings is 1. The minimum Gasteiger partial charge on any atom is -0.310 e. The van der Waals surface area contributed by atoms with Crippen LogP contribution >= 0.6 is 11.8 Å². The number of nitrogens with zero attached hydrogens (tertiary/aromatic N) is 5. The molecule has 0 bridgehead atoms. The van der Waals surface area contributed by atoms with E-state index in [9.17, 15) is 4.79 Å². The maximum Gasteiger partial charge on any atom is 0.235 e. The van der Waals surface area contributed by atoms with Gasteiger partial charge in [0.1, 0.15) is 12.1 Å². The summed E-state index contributed by atoms with van der Waals surface area (Å²) < 4.78 is 3.69. The summed E-state index contributed by atoms with van der Waals surface area (Å²) in [5.41, 5.74) is 3.35. The van der Waals surface area contributed by atoms with Gasteiger partial charge in [0, 0.05) is 12.1 Å². The molecule has 0 spiro atoms. The molecule has 1 aromatic carbocycles. The number of carbonyl (C=O) groups excluding carboxylic acids is 1. The van der Waals surface area contributed by atoms with E-state index in [1.165, 1.54) is 17.3 Å². The van der Waals surface area contributed by atoms with Crippen molar-refractivity contribution < 1.29 is 4.79 Å². The minimum atomic E-state index is -0.104. The fraction of sp³-hybridized carbons (Fsp3) is 0.333. The standard InChI is InChI=1S/C18H22N6OS/c1-12(2)24-16(7-8-20-24)21-17(25)10-26-18-22-19-11-23(18)15-6-5-13(3)9-14(15)4/h5-9,11-12H,10H2,1-4H3,(H,21,25). The van der Waals surface area contributed by atoms with Gasteiger partial charge in [-0.15, -0.1) is 10.2 Å². The lowest BCUT2D eigenvalue weighted by atomic mass is 10.1. The molecule has 2 heterocycles. The number of thioether (sulfide) groups is 1. The summed E-state index contributed by atoms with van der Waals surface area (Å²) in [6.07, 6.45) is 3.35. The number of carbonyl (C=O) groups is 1. The highest BCUT2D eigenvalue weighted by Crippen LogP contribution is 2.23. The molecule has 1 N–H and O–H groups in total. The molecule has 0 unspecified atom stereocenters. The summed E-state index contributed by atoms with van der Waals surface area (Å²) in [7, 11) is 0. The molecular weight excluding hydrogens is 348 g/mol. The van der Waals surface area contributed by atoms with Crippen LogP contribution in [0.25, 0.3) is 5.69 Å². The van der Waals surface area contributed by atoms with Crippen molar-refractivity contribution in [2.45, 2.75) is 38.9 Å². The molecule has 0 saturated carbocycles. The van der Waals surface area contributed by atoms with E-state index >= 15 is 0 Å². The second kappa shape index (κ2) is 7.74. The van der Waals surface area contributed by atoms with Crippen molar-refractivity contribution in [1.29, 1.82) is 0 Å². The van der Waals surface area contributed by atoms with Gasteiger partial charge in [0.05, 0.1) is 17.6 Å². The van der Waals surface area contributed by atoms with E-state index in [0.717, 1.165) is 11.3 Å². The van der Waals surface area contributed by atoms with Gasteiger partial charge < -0.3 is 5.32 Å². The topological polar surface area (TPSA) is 77.6 Å². The molecule has 0 radical (unpaired) electrons. The van der Waals surface area contributed by atoms with Crippen LogP contribution in [0.15, 0.2) is 41.9 Å². The highest BCUT2D eigenvalue weighted by molar-refractivity contribution is 7.99. The average Bonchev–Trinajstić information content (AvgIpc) is 3.22. The summed E-state index contributed by atoms with van der Waals surface area (Å²) in [4.78, 5) is 12.3. The summed E-state index contributed by atoms with van der Waals surface area (Å²) in [6, 6.07) is 8.18. The van der Waals surface area contributed by atoms with E-state index in [1.807, 2.05) is 24.5 Å². The number of rotatable bonds is 6. The molecule has 1 amide bonds. The van der Waals surface area contributed by atoms with E-state index in [-0.39, 0.29) is 17.7 Å². The monoisotopic (exact) mass is 370 g/mol. The second-order valence-corrected chi connectivity index (χ2v) is 7.31. The number of anilines is 1. The molecule has 136 valence electrons. The van der Waals surface area contributed by atoms with E-state index in [1.54, 1.807) is 23.3 Å². The molecule has 2 aromatic heterocycles. The number of aromatic nitrogens is 5. The van der Waals surface area contributed by atoms with Crippen molar-refractivity contribution in [3.05, 3.63) is 47.9 Å². The lowest BCUT2D eigenvalue weighted by Gasteiger charge is -2.12. The molecule has 26 heavy (non-hydrogen) atoms. The molecular formula is C18H22N6OS. The first kappa shape index (κ1) is 18.2. The van der Waals surface area contributed by atoms with E-state index < -0.39 is 0 Å². The lowest BCUT2D eigenvalue weighted by molar-refractivity contribution is -0.113. The zero-order valence-electron chi connectivity index (χ0n) is 15.3. The Balaban J connectivity index is 1.68. The van der Waals surface area contributed by atoms with Crippen LogP contribution in [0, 0.1) is 13.8 Å². The molecule has 0 fully saturated rings. The van der Waals surface area contributed by atoms with Crippen LogP contribution in [-0.2, 0) is 4.79 Å². The van der Waals surface area contributed by atoms with Crippen molar-refractivity contribution in [2.24, 2.45) is 0 Å². The number of aryl methyl sites for hydroxylation is 2. The highest BCUT2D eigenvalue weighted by Gasteiger charge is 2.13. The van der Waals surface area contributed by atoms with Crippen LogP contribution in [0.5, 0.6) is 0 Å². The van der Waals surface area contributed by atoms with E-state index in [2.05, 4.69) is 46.6 Å². The smallest absolute Gasteiger partial charge is 0.235 e. The summed E-state index contributed by atoms with van der Waals surface area (Å²) >= 11 is 1.35. The SMILES string of the molecule is Cc1ccc(-n2cnnc2SCC(=O)Nc2ccnn2C(C)C)c(C)c1. The Morgan fingerprint density at radius 3 is 2.81 bits per heavy atom. The molecule has 0 aliphatic rings. The zero-order valence-corrected chi connectivity index (χ0v) is 16.1. The Labute approximate surface area is 156 Å². The minimum absolute atomic E-state index is 0.104. The molecule has 3 aromatic rings. The van der Waals surface area contributed by atoms with Crippen LogP contribution in [0.1, 0.15) is 31.0 Å². The summed E-state index contributed by atoms with van der Waals surface area (Å²) in [5, 5.41) is 15.9. The third kappa shape index (κ3) is 3.96. The summed E-state index contributed by atoms with van der Waals surface area (Å²) in [5.74, 6) is 0.835. The third-order valence-electron chi connectivity index (χ3n) is 3.89. The van der Waals surface area contributed by atoms with Gasteiger partial charge >= 0.3 is 0 Å². The van der Waals surface area contributed by atoms with Gasteiger partial charge in [-0.3, -0.25) is 9.36 Å². The van der Waals surface area contributed by atoms with Gasteiger partial charge in [-0.05, 0) is 39.3 Å². The van der Waals surface area contributed by atoms with Gasteiger partial charge in [0.25, 0.3) is 0 Å². The Morgan fingerprint density at radius 2 is 2.08 bits per heavy atom. The fourth-order valence-electron chi connectivity index (χ4n) is 2.70. The van der Waals surface area contributed by atoms with Crippen LogP contribution in [-0.4, -0.2) is 36.2 Å². The zero-order chi connectivity index (χ0) is 18.7. The number of hydrogen-bond acceptors (Lipinski definition) is 5. The van der Waals surface area contributed by atoms with Gasteiger partial charge in [0.15, 0.2) is 5.16 Å². The molecule has 0 aliphatic carbocycles. The molecule has 0 saturated heterocycles. The Bertz CT molecular complexity index is 914. The third-order valence-corrected chi connectivity index (χ3v) is 4.83. The fourth-order valence-corrected chi connectivity index (χ4v) is 3.42. The number of hydrogen-bond donors (Lipinski definition) is 1. The predicted octanol–water partition coefficient (Wildman–Crippen LogP) is 3.39. The van der Waals surface area contributed by atoms with Gasteiger partial charge in [0.2, 0.25) is 5.91 Å². The van der Waals surface area contributed by atoms with Crippen LogP contribution in [0.3, 0.4) is 0 Å². The Hall–Kier alpha value is -2.61. The van der Waals surface area contributed by atoms with E-state index in [0.29, 0.717) is 11.0 Å². The van der Waals surface area contributed by atoms with Crippen molar-refractivity contribution >= 4 is 23.5 Å². The van der Waals surface area contributed by atoms with Crippen molar-refractivity contribution in [3.63, 3.8) is 0 Å². The molecule has 0 atom stereocenters. The van der Waals surface area contributed by atoms with E-state index in [4.69, 9.17) is 0 Å². The summed E-state index contributed by atoms with van der Waals surface area (Å²) in [6.45, 7) is 8.15. The first-order chi connectivity index (χ1) is 12.5.